The molecule has 1 amide bonds. The maximum atomic E-state index is 13.6. The molecule has 6 nitrogen and oxygen atoms in total. The number of nitrogens with one attached hydrogen (secondary N) is 1. The van der Waals surface area contributed by atoms with E-state index in [0.717, 1.165) is 16.5 Å². The lowest BCUT2D eigenvalue weighted by molar-refractivity contribution is 0.100. The van der Waals surface area contributed by atoms with Gasteiger partial charge in [-0.25, -0.2) is 9.37 Å². The minimum absolute atomic E-state index is 0.316. The summed E-state index contributed by atoms with van der Waals surface area (Å²) in [6.07, 6.45) is 3.25. The Bertz CT molecular complexity index is 1150. The molecule has 0 fully saturated rings. The Morgan fingerprint density at radius 1 is 1.19 bits per heavy atom. The van der Waals surface area contributed by atoms with Gasteiger partial charge in [-0.05, 0) is 42.8 Å². The highest BCUT2D eigenvalue weighted by Crippen LogP contribution is 2.24. The zero-order chi connectivity index (χ0) is 19.0. The predicted octanol–water partition coefficient (Wildman–Crippen LogP) is 3.71. The maximum absolute atomic E-state index is 13.6. The van der Waals surface area contributed by atoms with Gasteiger partial charge in [-0.3, -0.25) is 4.79 Å². The van der Waals surface area contributed by atoms with Gasteiger partial charge in [0.05, 0.1) is 11.1 Å². The molecule has 134 valence electrons. The highest BCUT2D eigenvalue weighted by molar-refractivity contribution is 6.06. The Labute approximate surface area is 154 Å². The molecule has 0 aliphatic heterocycles. The molecule has 2 heterocycles. The maximum Gasteiger partial charge on any atom is 0.250 e. The molecule has 0 aliphatic rings. The van der Waals surface area contributed by atoms with Crippen LogP contribution in [0, 0.1) is 12.7 Å². The molecule has 0 atom stereocenters. The molecule has 0 aliphatic carbocycles. The first-order valence-electron chi connectivity index (χ1n) is 8.29. The molecule has 27 heavy (non-hydrogen) atoms. The van der Waals surface area contributed by atoms with E-state index in [1.54, 1.807) is 29.1 Å². The Kier molecular flexibility index (Phi) is 4.04. The summed E-state index contributed by atoms with van der Waals surface area (Å²) in [6, 6.07) is 13.8. The van der Waals surface area contributed by atoms with Gasteiger partial charge in [0.1, 0.15) is 11.6 Å². The summed E-state index contributed by atoms with van der Waals surface area (Å²) in [5, 5.41) is 3.76. The van der Waals surface area contributed by atoms with Gasteiger partial charge in [0.15, 0.2) is 0 Å². The second-order valence-corrected chi connectivity index (χ2v) is 6.17. The molecule has 0 radical (unpaired) electrons. The SMILES string of the molecule is Cc1cc(F)cc(Nc2nccc(-n3cc(C(N)=O)c4ccccc43)n2)c1. The zero-order valence-corrected chi connectivity index (χ0v) is 14.5. The standard InChI is InChI=1S/C20H16FN5O/c1-12-8-13(21)10-14(9-12)24-20-23-7-6-18(25-20)26-11-16(19(22)27)15-4-2-3-5-17(15)26/h2-11H,1H3,(H2,22,27)(H,23,24,25). The number of halogens is 1. The molecule has 0 unspecified atom stereocenters. The first-order valence-corrected chi connectivity index (χ1v) is 8.29. The summed E-state index contributed by atoms with van der Waals surface area (Å²) in [6.45, 7) is 1.81. The third-order valence-corrected chi connectivity index (χ3v) is 4.16. The van der Waals surface area contributed by atoms with Crippen molar-refractivity contribution in [1.82, 2.24) is 14.5 Å². The first kappa shape index (κ1) is 16.7. The Balaban J connectivity index is 1.77. The van der Waals surface area contributed by atoms with Crippen molar-refractivity contribution in [2.45, 2.75) is 6.92 Å². The summed E-state index contributed by atoms with van der Waals surface area (Å²) in [7, 11) is 0. The summed E-state index contributed by atoms with van der Waals surface area (Å²) >= 11 is 0. The number of nitrogens with zero attached hydrogens (tertiary/aromatic N) is 3. The number of aromatic nitrogens is 3. The van der Waals surface area contributed by atoms with Crippen LogP contribution in [0.4, 0.5) is 16.0 Å². The van der Waals surface area contributed by atoms with Gasteiger partial charge in [0, 0.05) is 23.5 Å². The van der Waals surface area contributed by atoms with Crippen LogP contribution >= 0.6 is 0 Å². The van der Waals surface area contributed by atoms with E-state index in [1.807, 2.05) is 31.2 Å². The van der Waals surface area contributed by atoms with E-state index in [0.29, 0.717) is 23.0 Å². The van der Waals surface area contributed by atoms with Crippen LogP contribution in [0.1, 0.15) is 15.9 Å². The lowest BCUT2D eigenvalue weighted by atomic mass is 10.2. The molecule has 0 saturated heterocycles. The third-order valence-electron chi connectivity index (χ3n) is 4.16. The quantitative estimate of drug-likeness (QED) is 0.580. The number of amides is 1. The van der Waals surface area contributed by atoms with Gasteiger partial charge in [-0.15, -0.1) is 0 Å². The van der Waals surface area contributed by atoms with E-state index in [-0.39, 0.29) is 5.82 Å². The summed E-state index contributed by atoms with van der Waals surface area (Å²) in [5.41, 5.74) is 8.06. The number of hydrogen-bond donors (Lipinski definition) is 2. The molecule has 0 spiro atoms. The molecule has 4 rings (SSSR count). The fourth-order valence-corrected chi connectivity index (χ4v) is 3.05. The average molecular weight is 361 g/mol. The number of aryl methyl sites for hydroxylation is 1. The van der Waals surface area contributed by atoms with E-state index < -0.39 is 5.91 Å². The van der Waals surface area contributed by atoms with Crippen molar-refractivity contribution in [2.75, 3.05) is 5.32 Å². The van der Waals surface area contributed by atoms with Crippen LogP contribution in [0.2, 0.25) is 0 Å². The minimum atomic E-state index is -0.507. The Hall–Kier alpha value is -3.74. The van der Waals surface area contributed by atoms with E-state index in [2.05, 4.69) is 15.3 Å². The number of carbonyl (C=O) groups is 1. The highest BCUT2D eigenvalue weighted by Gasteiger charge is 2.14. The molecule has 2 aromatic heterocycles. The topological polar surface area (TPSA) is 85.8 Å². The van der Waals surface area contributed by atoms with Crippen molar-refractivity contribution in [2.24, 2.45) is 5.73 Å². The smallest absolute Gasteiger partial charge is 0.250 e. The number of carbonyl (C=O) groups excluding carboxylic acids is 1. The molecular formula is C20H16FN5O. The van der Waals surface area contributed by atoms with Gasteiger partial charge in [-0.1, -0.05) is 18.2 Å². The fourth-order valence-electron chi connectivity index (χ4n) is 3.05. The molecule has 7 heteroatoms. The Morgan fingerprint density at radius 3 is 2.78 bits per heavy atom. The average Bonchev–Trinajstić information content (AvgIpc) is 3.01. The normalized spacial score (nSPS) is 10.9. The van der Waals surface area contributed by atoms with Gasteiger partial charge >= 0.3 is 0 Å². The molecule has 3 N–H and O–H groups in total. The number of nitrogens with two attached hydrogens (primary N) is 1. The molecule has 0 saturated carbocycles. The van der Waals surface area contributed by atoms with Crippen molar-refractivity contribution >= 4 is 28.4 Å². The van der Waals surface area contributed by atoms with Crippen LogP contribution in [-0.2, 0) is 0 Å². The van der Waals surface area contributed by atoms with Crippen LogP contribution in [0.5, 0.6) is 0 Å². The van der Waals surface area contributed by atoms with Gasteiger partial charge in [0.25, 0.3) is 5.91 Å². The summed E-state index contributed by atoms with van der Waals surface area (Å²) in [5.74, 6) is 0.0315. The van der Waals surface area contributed by atoms with Crippen LogP contribution in [0.15, 0.2) is 60.9 Å². The third kappa shape index (κ3) is 3.22. The molecule has 0 bridgehead atoms. The lowest BCUT2D eigenvalue weighted by Crippen LogP contribution is -2.10. The van der Waals surface area contributed by atoms with Crippen molar-refractivity contribution < 1.29 is 9.18 Å². The number of primary amides is 1. The van der Waals surface area contributed by atoms with Crippen LogP contribution in [-0.4, -0.2) is 20.4 Å². The predicted molar refractivity (Wildman–Crippen MR) is 102 cm³/mol. The first-order chi connectivity index (χ1) is 13.0. The van der Waals surface area contributed by atoms with Crippen molar-refractivity contribution in [3.05, 3.63) is 77.9 Å². The monoisotopic (exact) mass is 361 g/mol. The molecular weight excluding hydrogens is 345 g/mol. The largest absolute Gasteiger partial charge is 0.366 e. The number of benzene rings is 2. The van der Waals surface area contributed by atoms with Crippen LogP contribution in [0.3, 0.4) is 0 Å². The number of para-hydroxylation sites is 1. The lowest BCUT2D eigenvalue weighted by Gasteiger charge is -2.09. The zero-order valence-electron chi connectivity index (χ0n) is 14.5. The fraction of sp³-hybridized carbons (Fsp3) is 0.0500. The molecule has 2 aromatic carbocycles. The minimum Gasteiger partial charge on any atom is -0.366 e. The van der Waals surface area contributed by atoms with Crippen molar-refractivity contribution in [3.8, 4) is 5.82 Å². The number of fused-ring (bicyclic) bond motifs is 1. The van der Waals surface area contributed by atoms with Crippen molar-refractivity contribution in [1.29, 1.82) is 0 Å². The van der Waals surface area contributed by atoms with Gasteiger partial charge in [-0.2, -0.15) is 4.98 Å². The number of rotatable bonds is 4. The summed E-state index contributed by atoms with van der Waals surface area (Å²) < 4.78 is 15.4. The van der Waals surface area contributed by atoms with Crippen LogP contribution in [0.25, 0.3) is 16.7 Å². The summed E-state index contributed by atoms with van der Waals surface area (Å²) in [4.78, 5) is 20.4. The highest BCUT2D eigenvalue weighted by atomic mass is 19.1. The van der Waals surface area contributed by atoms with E-state index >= 15 is 0 Å². The van der Waals surface area contributed by atoms with E-state index in [9.17, 15) is 9.18 Å². The number of anilines is 2. The van der Waals surface area contributed by atoms with E-state index in [1.165, 1.54) is 12.1 Å². The van der Waals surface area contributed by atoms with Crippen LogP contribution < -0.4 is 11.1 Å². The van der Waals surface area contributed by atoms with Crippen molar-refractivity contribution in [3.63, 3.8) is 0 Å². The van der Waals surface area contributed by atoms with E-state index in [4.69, 9.17) is 5.73 Å². The molecule has 4 aromatic rings. The van der Waals surface area contributed by atoms with Gasteiger partial charge in [0.2, 0.25) is 5.95 Å². The Morgan fingerprint density at radius 2 is 2.00 bits per heavy atom. The second-order valence-electron chi connectivity index (χ2n) is 6.17. The second kappa shape index (κ2) is 6.53. The van der Waals surface area contributed by atoms with Gasteiger partial charge < -0.3 is 15.6 Å². The number of hydrogen-bond acceptors (Lipinski definition) is 4.